The van der Waals surface area contributed by atoms with E-state index < -0.39 is 10.9 Å². The number of aromatic nitrogens is 3. The van der Waals surface area contributed by atoms with Gasteiger partial charge in [-0.25, -0.2) is 0 Å². The fourth-order valence-corrected chi connectivity index (χ4v) is 2.71. The fourth-order valence-electron chi connectivity index (χ4n) is 2.71. The van der Waals surface area contributed by atoms with Gasteiger partial charge in [-0.1, -0.05) is 23.2 Å². The molecule has 0 bridgehead atoms. The Kier molecular flexibility index (Phi) is 5.74. The lowest BCUT2D eigenvalue weighted by molar-refractivity contribution is -0.394. The maximum absolute atomic E-state index is 12.3. The molecular formula is C16H20N6O4. The molecule has 1 aromatic heterocycles. The highest BCUT2D eigenvalue weighted by molar-refractivity contribution is 5.76. The average Bonchev–Trinajstić information content (AvgIpc) is 3.12. The molecule has 0 N–H and O–H groups in total. The normalized spacial score (nSPS) is 15.0. The number of carbonyl (C=O) groups excluding carboxylic acids is 1. The summed E-state index contributed by atoms with van der Waals surface area (Å²) in [6.45, 7) is 4.11. The second-order valence-electron chi connectivity index (χ2n) is 5.88. The van der Waals surface area contributed by atoms with Gasteiger partial charge in [0.25, 0.3) is 0 Å². The van der Waals surface area contributed by atoms with Crippen LogP contribution in [0.3, 0.4) is 0 Å². The molecular weight excluding hydrogens is 340 g/mol. The van der Waals surface area contributed by atoms with Gasteiger partial charge in [-0.2, -0.15) is 4.68 Å². The van der Waals surface area contributed by atoms with E-state index in [0.29, 0.717) is 19.7 Å². The SMILES string of the molecule is O=C(Cn1cnc([N+](=O)[O-])n1)N1CCN(CCOc2ccccc2)CC1. The third kappa shape index (κ3) is 4.76. The first-order valence-corrected chi connectivity index (χ1v) is 8.33. The largest absolute Gasteiger partial charge is 0.492 e. The van der Waals surface area contributed by atoms with Crippen LogP contribution >= 0.6 is 0 Å². The summed E-state index contributed by atoms with van der Waals surface area (Å²) in [4.78, 5) is 29.7. The molecule has 138 valence electrons. The van der Waals surface area contributed by atoms with Gasteiger partial charge in [-0.05, 0) is 17.1 Å². The molecule has 0 radical (unpaired) electrons. The molecule has 0 unspecified atom stereocenters. The molecule has 1 aliphatic rings. The van der Waals surface area contributed by atoms with E-state index in [0.717, 1.165) is 25.4 Å². The molecule has 2 aromatic rings. The lowest BCUT2D eigenvalue weighted by Gasteiger charge is -2.34. The Labute approximate surface area is 150 Å². The zero-order chi connectivity index (χ0) is 18.4. The van der Waals surface area contributed by atoms with Gasteiger partial charge in [0.05, 0.1) is 0 Å². The zero-order valence-electron chi connectivity index (χ0n) is 14.2. The fraction of sp³-hybridized carbons (Fsp3) is 0.438. The molecule has 1 aliphatic heterocycles. The number of hydrogen-bond acceptors (Lipinski definition) is 7. The summed E-state index contributed by atoms with van der Waals surface area (Å²) >= 11 is 0. The van der Waals surface area contributed by atoms with Crippen molar-refractivity contribution in [3.05, 3.63) is 46.8 Å². The number of nitro groups is 1. The van der Waals surface area contributed by atoms with Gasteiger partial charge < -0.3 is 19.8 Å². The molecule has 1 saturated heterocycles. The van der Waals surface area contributed by atoms with Crippen LogP contribution < -0.4 is 4.74 Å². The number of hydrogen-bond donors (Lipinski definition) is 0. The number of para-hydroxylation sites is 1. The van der Waals surface area contributed by atoms with Crippen molar-refractivity contribution >= 4 is 11.9 Å². The van der Waals surface area contributed by atoms with E-state index in [1.807, 2.05) is 30.3 Å². The molecule has 26 heavy (non-hydrogen) atoms. The third-order valence-electron chi connectivity index (χ3n) is 4.13. The summed E-state index contributed by atoms with van der Waals surface area (Å²) in [5.74, 6) is 0.231. The number of carbonyl (C=O) groups is 1. The van der Waals surface area contributed by atoms with Gasteiger partial charge in [0.15, 0.2) is 0 Å². The Hall–Kier alpha value is -3.01. The lowest BCUT2D eigenvalue weighted by atomic mass is 10.3. The van der Waals surface area contributed by atoms with E-state index in [2.05, 4.69) is 15.0 Å². The molecule has 0 atom stereocenters. The van der Waals surface area contributed by atoms with E-state index in [1.54, 1.807) is 4.90 Å². The minimum Gasteiger partial charge on any atom is -0.492 e. The van der Waals surface area contributed by atoms with Crippen LogP contribution in [-0.2, 0) is 11.3 Å². The number of piperazine rings is 1. The minimum absolute atomic E-state index is 0.0437. The number of rotatable bonds is 7. The highest BCUT2D eigenvalue weighted by Gasteiger charge is 2.23. The van der Waals surface area contributed by atoms with Gasteiger partial charge in [0, 0.05) is 37.8 Å². The predicted octanol–water partition coefficient (Wildman–Crippen LogP) is 0.409. The first-order chi connectivity index (χ1) is 12.6. The maximum atomic E-state index is 12.3. The van der Waals surface area contributed by atoms with Crippen LogP contribution in [-0.4, -0.2) is 74.7 Å². The second kappa shape index (κ2) is 8.39. The van der Waals surface area contributed by atoms with Crippen molar-refractivity contribution < 1.29 is 14.5 Å². The summed E-state index contributed by atoms with van der Waals surface area (Å²) in [7, 11) is 0. The molecule has 1 amide bonds. The highest BCUT2D eigenvalue weighted by Crippen LogP contribution is 2.09. The summed E-state index contributed by atoms with van der Waals surface area (Å²) in [5.41, 5.74) is 0. The number of benzene rings is 1. The van der Waals surface area contributed by atoms with Crippen molar-refractivity contribution in [3.63, 3.8) is 0 Å². The second-order valence-corrected chi connectivity index (χ2v) is 5.88. The molecule has 0 saturated carbocycles. The molecule has 10 nitrogen and oxygen atoms in total. The van der Waals surface area contributed by atoms with E-state index in [4.69, 9.17) is 4.74 Å². The van der Waals surface area contributed by atoms with Crippen LogP contribution in [0.4, 0.5) is 5.95 Å². The van der Waals surface area contributed by atoms with Crippen molar-refractivity contribution in [1.29, 1.82) is 0 Å². The van der Waals surface area contributed by atoms with Gasteiger partial charge in [-0.3, -0.25) is 9.69 Å². The predicted molar refractivity (Wildman–Crippen MR) is 91.6 cm³/mol. The molecule has 0 aliphatic carbocycles. The molecule has 1 aromatic carbocycles. The Morgan fingerprint density at radius 3 is 2.58 bits per heavy atom. The van der Waals surface area contributed by atoms with Crippen molar-refractivity contribution in [2.45, 2.75) is 6.54 Å². The monoisotopic (exact) mass is 360 g/mol. The molecule has 1 fully saturated rings. The Bertz CT molecular complexity index is 742. The Morgan fingerprint density at radius 2 is 1.92 bits per heavy atom. The number of nitrogens with zero attached hydrogens (tertiary/aromatic N) is 6. The van der Waals surface area contributed by atoms with Gasteiger partial charge in [0.2, 0.25) is 12.2 Å². The van der Waals surface area contributed by atoms with E-state index in [1.165, 1.54) is 11.0 Å². The van der Waals surface area contributed by atoms with Gasteiger partial charge in [-0.15, -0.1) is 0 Å². The lowest BCUT2D eigenvalue weighted by Crippen LogP contribution is -2.50. The first kappa shape index (κ1) is 17.8. The van der Waals surface area contributed by atoms with Crippen molar-refractivity contribution in [3.8, 4) is 5.75 Å². The number of ether oxygens (including phenoxy) is 1. The van der Waals surface area contributed by atoms with Crippen molar-refractivity contribution in [2.24, 2.45) is 0 Å². The quantitative estimate of drug-likeness (QED) is 0.520. The highest BCUT2D eigenvalue weighted by atomic mass is 16.6. The topological polar surface area (TPSA) is 107 Å². The van der Waals surface area contributed by atoms with E-state index in [9.17, 15) is 14.9 Å². The van der Waals surface area contributed by atoms with Crippen LogP contribution in [0.15, 0.2) is 36.7 Å². The summed E-state index contributed by atoms with van der Waals surface area (Å²) < 4.78 is 6.88. The van der Waals surface area contributed by atoms with Crippen LogP contribution in [0.2, 0.25) is 0 Å². The average molecular weight is 360 g/mol. The van der Waals surface area contributed by atoms with Crippen LogP contribution in [0, 0.1) is 10.1 Å². The van der Waals surface area contributed by atoms with Gasteiger partial charge >= 0.3 is 5.95 Å². The smallest absolute Gasteiger partial charge is 0.490 e. The summed E-state index contributed by atoms with van der Waals surface area (Å²) in [6, 6.07) is 9.66. The summed E-state index contributed by atoms with van der Waals surface area (Å²) in [6.07, 6.45) is 1.20. The first-order valence-electron chi connectivity index (χ1n) is 8.33. The van der Waals surface area contributed by atoms with Crippen LogP contribution in [0.25, 0.3) is 0 Å². The third-order valence-corrected chi connectivity index (χ3v) is 4.13. The minimum atomic E-state index is -0.683. The maximum Gasteiger partial charge on any atom is 0.490 e. The van der Waals surface area contributed by atoms with Gasteiger partial charge in [0.1, 0.15) is 18.9 Å². The van der Waals surface area contributed by atoms with E-state index in [-0.39, 0.29) is 12.5 Å². The molecule has 0 spiro atoms. The van der Waals surface area contributed by atoms with Crippen molar-refractivity contribution in [2.75, 3.05) is 39.3 Å². The number of amides is 1. The van der Waals surface area contributed by atoms with Crippen LogP contribution in [0.5, 0.6) is 5.75 Å². The summed E-state index contributed by atoms with van der Waals surface area (Å²) in [5, 5.41) is 14.2. The van der Waals surface area contributed by atoms with Crippen molar-refractivity contribution in [1.82, 2.24) is 24.6 Å². The molecule has 3 rings (SSSR count). The molecule has 10 heteroatoms. The van der Waals surface area contributed by atoms with Crippen LogP contribution in [0.1, 0.15) is 0 Å². The Morgan fingerprint density at radius 1 is 1.19 bits per heavy atom. The Balaban J connectivity index is 1.38. The standard InChI is InChI=1S/C16H20N6O4/c23-15(12-21-13-17-16(18-21)22(24)25)20-8-6-19(7-9-20)10-11-26-14-4-2-1-3-5-14/h1-5,13H,6-12H2. The zero-order valence-corrected chi connectivity index (χ0v) is 14.2. The molecule has 2 heterocycles. The van der Waals surface area contributed by atoms with E-state index >= 15 is 0 Å².